The van der Waals surface area contributed by atoms with Crippen LogP contribution in [-0.2, 0) is 12.8 Å². The summed E-state index contributed by atoms with van der Waals surface area (Å²) in [6, 6.07) is 8.83. The van der Waals surface area contributed by atoms with E-state index >= 15 is 0 Å². The Balaban J connectivity index is 0.000000331. The molecule has 0 aliphatic heterocycles. The lowest BCUT2D eigenvalue weighted by Gasteiger charge is -2.12. The molecule has 0 saturated heterocycles. The van der Waals surface area contributed by atoms with Gasteiger partial charge < -0.3 is 4.90 Å². The van der Waals surface area contributed by atoms with Crippen molar-refractivity contribution in [2.45, 2.75) is 53.4 Å². The summed E-state index contributed by atoms with van der Waals surface area (Å²) < 4.78 is 0. The molecule has 0 bridgehead atoms. The van der Waals surface area contributed by atoms with Gasteiger partial charge >= 0.3 is 0 Å². The van der Waals surface area contributed by atoms with Crippen molar-refractivity contribution >= 4 is 0 Å². The molecule has 0 aliphatic carbocycles. The molecule has 1 nitrogen and oxygen atoms in total. The molecule has 0 radical (unpaired) electrons. The Labute approximate surface area is 114 Å². The summed E-state index contributed by atoms with van der Waals surface area (Å²) in [5.41, 5.74) is 2.86. The van der Waals surface area contributed by atoms with Crippen LogP contribution < -0.4 is 0 Å². The number of aryl methyl sites for hydroxylation is 2. The van der Waals surface area contributed by atoms with E-state index in [0.29, 0.717) is 0 Å². The van der Waals surface area contributed by atoms with Gasteiger partial charge in [-0.25, -0.2) is 0 Å². The minimum absolute atomic E-state index is 1.14. The van der Waals surface area contributed by atoms with Gasteiger partial charge in [0.15, 0.2) is 0 Å². The molecule has 0 amide bonds. The van der Waals surface area contributed by atoms with Gasteiger partial charge in [-0.05, 0) is 56.9 Å². The summed E-state index contributed by atoms with van der Waals surface area (Å²) in [7, 11) is 2.17. The van der Waals surface area contributed by atoms with Crippen molar-refractivity contribution in [1.29, 1.82) is 0 Å². The average molecular weight is 249 g/mol. The van der Waals surface area contributed by atoms with Crippen molar-refractivity contribution in [1.82, 2.24) is 4.90 Å². The predicted octanol–water partition coefficient (Wildman–Crippen LogP) is 4.55. The first-order chi connectivity index (χ1) is 8.67. The van der Waals surface area contributed by atoms with Gasteiger partial charge in [-0.1, -0.05) is 52.0 Å². The highest BCUT2D eigenvalue weighted by Gasteiger charge is 1.90. The van der Waals surface area contributed by atoms with Gasteiger partial charge in [-0.3, -0.25) is 0 Å². The van der Waals surface area contributed by atoms with Gasteiger partial charge in [0.1, 0.15) is 0 Å². The van der Waals surface area contributed by atoms with Gasteiger partial charge in [-0.15, -0.1) is 0 Å². The summed E-state index contributed by atoms with van der Waals surface area (Å²) in [5.74, 6) is 0. The standard InChI is InChI=1S/C10H14.C7H17N/c1-3-9-5-7-10(4-2)8-6-9;1-4-6-8(3)7-5-2/h5-8H,3-4H2,1-2H3;4-7H2,1-3H3. The first kappa shape index (κ1) is 17.2. The van der Waals surface area contributed by atoms with E-state index in [9.17, 15) is 0 Å². The Bertz CT molecular complexity index is 247. The van der Waals surface area contributed by atoms with Gasteiger partial charge in [0, 0.05) is 0 Å². The number of nitrogens with zero attached hydrogens (tertiary/aromatic N) is 1. The third kappa shape index (κ3) is 8.30. The van der Waals surface area contributed by atoms with Crippen molar-refractivity contribution < 1.29 is 0 Å². The fourth-order valence-corrected chi connectivity index (χ4v) is 1.89. The molecule has 1 aromatic rings. The molecule has 0 heterocycles. The summed E-state index contributed by atoms with van der Waals surface area (Å²) in [6.45, 7) is 11.3. The SMILES string of the molecule is CCCN(C)CCC.CCc1ccc(CC)cc1. The van der Waals surface area contributed by atoms with Crippen LogP contribution in [0.15, 0.2) is 24.3 Å². The fourth-order valence-electron chi connectivity index (χ4n) is 1.89. The minimum atomic E-state index is 1.14. The molecule has 1 rings (SSSR count). The van der Waals surface area contributed by atoms with Crippen LogP contribution in [0.5, 0.6) is 0 Å². The fraction of sp³-hybridized carbons (Fsp3) is 0.647. The molecule has 1 aromatic carbocycles. The van der Waals surface area contributed by atoms with Crippen LogP contribution in [0.4, 0.5) is 0 Å². The van der Waals surface area contributed by atoms with Crippen molar-refractivity contribution in [3.63, 3.8) is 0 Å². The maximum Gasteiger partial charge on any atom is -0.00244 e. The Morgan fingerprint density at radius 1 is 0.722 bits per heavy atom. The average Bonchev–Trinajstić information content (AvgIpc) is 2.40. The maximum atomic E-state index is 2.36. The molecule has 104 valence electrons. The lowest BCUT2D eigenvalue weighted by atomic mass is 10.1. The Morgan fingerprint density at radius 2 is 1.06 bits per heavy atom. The van der Waals surface area contributed by atoms with E-state index in [0.717, 1.165) is 12.8 Å². The molecule has 1 heteroatoms. The summed E-state index contributed by atoms with van der Waals surface area (Å²) in [4.78, 5) is 2.36. The monoisotopic (exact) mass is 249 g/mol. The second-order valence-electron chi connectivity index (χ2n) is 4.83. The highest BCUT2D eigenvalue weighted by molar-refractivity contribution is 5.22. The molecular formula is C17H31N. The van der Waals surface area contributed by atoms with Crippen molar-refractivity contribution in [3.8, 4) is 0 Å². The Kier molecular flexibility index (Phi) is 10.8. The number of rotatable bonds is 6. The summed E-state index contributed by atoms with van der Waals surface area (Å²) >= 11 is 0. The van der Waals surface area contributed by atoms with Gasteiger partial charge in [0.25, 0.3) is 0 Å². The molecule has 0 spiro atoms. The van der Waals surface area contributed by atoms with Crippen LogP contribution in [0.25, 0.3) is 0 Å². The number of benzene rings is 1. The van der Waals surface area contributed by atoms with E-state index in [-0.39, 0.29) is 0 Å². The van der Waals surface area contributed by atoms with E-state index in [4.69, 9.17) is 0 Å². The van der Waals surface area contributed by atoms with E-state index in [2.05, 4.69) is 63.9 Å². The van der Waals surface area contributed by atoms with Crippen LogP contribution in [0.3, 0.4) is 0 Å². The lowest BCUT2D eigenvalue weighted by Crippen LogP contribution is -2.19. The zero-order chi connectivity index (χ0) is 13.8. The van der Waals surface area contributed by atoms with Crippen molar-refractivity contribution in [3.05, 3.63) is 35.4 Å². The van der Waals surface area contributed by atoms with Crippen LogP contribution in [0.1, 0.15) is 51.7 Å². The van der Waals surface area contributed by atoms with Crippen LogP contribution in [0, 0.1) is 0 Å². The molecule has 0 atom stereocenters. The molecule has 18 heavy (non-hydrogen) atoms. The number of hydrogen-bond donors (Lipinski definition) is 0. The predicted molar refractivity (Wildman–Crippen MR) is 83.3 cm³/mol. The third-order valence-corrected chi connectivity index (χ3v) is 3.05. The van der Waals surface area contributed by atoms with Gasteiger partial charge in [0.2, 0.25) is 0 Å². The Hall–Kier alpha value is -0.820. The number of hydrogen-bond acceptors (Lipinski definition) is 1. The molecular weight excluding hydrogens is 218 g/mol. The summed E-state index contributed by atoms with van der Waals surface area (Å²) in [5, 5.41) is 0. The first-order valence-corrected chi connectivity index (χ1v) is 7.44. The van der Waals surface area contributed by atoms with E-state index in [1.165, 1.54) is 37.1 Å². The van der Waals surface area contributed by atoms with Crippen LogP contribution >= 0.6 is 0 Å². The normalized spacial score (nSPS) is 10.1. The molecule has 0 N–H and O–H groups in total. The maximum absolute atomic E-state index is 2.36. The van der Waals surface area contributed by atoms with Crippen molar-refractivity contribution in [2.24, 2.45) is 0 Å². The largest absolute Gasteiger partial charge is 0.306 e. The van der Waals surface area contributed by atoms with E-state index in [1.54, 1.807) is 0 Å². The third-order valence-electron chi connectivity index (χ3n) is 3.05. The zero-order valence-corrected chi connectivity index (χ0v) is 13.0. The molecule has 0 fully saturated rings. The molecule has 0 aliphatic rings. The van der Waals surface area contributed by atoms with E-state index in [1.807, 2.05) is 0 Å². The van der Waals surface area contributed by atoms with Crippen LogP contribution in [-0.4, -0.2) is 25.0 Å². The van der Waals surface area contributed by atoms with Gasteiger partial charge in [-0.2, -0.15) is 0 Å². The minimum Gasteiger partial charge on any atom is -0.306 e. The highest BCUT2D eigenvalue weighted by atomic mass is 15.1. The van der Waals surface area contributed by atoms with Crippen LogP contribution in [0.2, 0.25) is 0 Å². The highest BCUT2D eigenvalue weighted by Crippen LogP contribution is 2.04. The molecule has 0 unspecified atom stereocenters. The van der Waals surface area contributed by atoms with Gasteiger partial charge in [0.05, 0.1) is 0 Å². The zero-order valence-electron chi connectivity index (χ0n) is 13.0. The summed E-state index contributed by atoms with van der Waals surface area (Å²) in [6.07, 6.45) is 4.83. The second-order valence-corrected chi connectivity index (χ2v) is 4.83. The molecule has 0 aromatic heterocycles. The smallest absolute Gasteiger partial charge is 0.00244 e. The Morgan fingerprint density at radius 3 is 1.28 bits per heavy atom. The van der Waals surface area contributed by atoms with E-state index < -0.39 is 0 Å². The van der Waals surface area contributed by atoms with Crippen molar-refractivity contribution in [2.75, 3.05) is 20.1 Å². The lowest BCUT2D eigenvalue weighted by molar-refractivity contribution is 0.335. The second kappa shape index (κ2) is 11.3. The first-order valence-electron chi connectivity index (χ1n) is 7.44. The molecule has 0 saturated carbocycles. The quantitative estimate of drug-likeness (QED) is 0.715. The topological polar surface area (TPSA) is 3.24 Å².